The Hall–Kier alpha value is -1.43. The van der Waals surface area contributed by atoms with Crippen LogP contribution in [-0.4, -0.2) is 12.7 Å². The molecule has 2 fully saturated rings. The molecule has 0 aliphatic heterocycles. The molecule has 2 saturated carbocycles. The number of hydrogen-bond acceptors (Lipinski definition) is 1. The molecule has 4 atom stereocenters. The highest BCUT2D eigenvalue weighted by molar-refractivity contribution is 5.31. The second kappa shape index (κ2) is 7.67. The third kappa shape index (κ3) is 4.11. The molecule has 144 valence electrons. The number of fused-ring (bicyclic) bond motifs is 1. The minimum atomic E-state index is -5.02. The van der Waals surface area contributed by atoms with Crippen LogP contribution in [0.4, 0.5) is 22.0 Å². The van der Waals surface area contributed by atoms with Crippen molar-refractivity contribution in [2.45, 2.75) is 56.7 Å². The van der Waals surface area contributed by atoms with Gasteiger partial charge in [-0.05, 0) is 74.0 Å². The van der Waals surface area contributed by atoms with Crippen molar-refractivity contribution < 1.29 is 26.7 Å². The van der Waals surface area contributed by atoms with Crippen LogP contribution < -0.4 is 0 Å². The number of rotatable bonds is 4. The summed E-state index contributed by atoms with van der Waals surface area (Å²) in [5.41, 5.74) is -1.45. The molecule has 1 aromatic carbocycles. The van der Waals surface area contributed by atoms with Gasteiger partial charge in [0.1, 0.15) is 17.2 Å². The highest BCUT2D eigenvalue weighted by atomic mass is 19.4. The van der Waals surface area contributed by atoms with E-state index >= 15 is 0 Å². The van der Waals surface area contributed by atoms with Crippen molar-refractivity contribution in [2.75, 3.05) is 6.61 Å². The molecule has 2 aliphatic carbocycles. The molecule has 0 amide bonds. The highest BCUT2D eigenvalue weighted by Crippen LogP contribution is 2.47. The summed E-state index contributed by atoms with van der Waals surface area (Å²) in [7, 11) is 0. The predicted octanol–water partition coefficient (Wildman–Crippen LogP) is 6.24. The monoisotopic (exact) mass is 374 g/mol. The normalized spacial score (nSPS) is 29.3. The Balaban J connectivity index is 1.69. The Morgan fingerprint density at radius 1 is 1.00 bits per heavy atom. The molecule has 1 nitrogen and oxygen atoms in total. The second-order valence-electron chi connectivity index (χ2n) is 7.44. The average molecular weight is 374 g/mol. The van der Waals surface area contributed by atoms with Gasteiger partial charge in [0, 0.05) is 0 Å². The molecule has 0 saturated heterocycles. The quantitative estimate of drug-likeness (QED) is 0.448. The third-order valence-electron chi connectivity index (χ3n) is 5.83. The highest BCUT2D eigenvalue weighted by Gasteiger charge is 2.40. The summed E-state index contributed by atoms with van der Waals surface area (Å²) in [6.07, 6.45) is 2.25. The number of halogens is 5. The Bertz CT molecular complexity index is 631. The van der Waals surface area contributed by atoms with Gasteiger partial charge in [-0.2, -0.15) is 13.2 Å². The van der Waals surface area contributed by atoms with Crippen LogP contribution >= 0.6 is 0 Å². The zero-order valence-corrected chi connectivity index (χ0v) is 14.5. The fraction of sp³-hybridized carbons (Fsp3) is 0.600. The summed E-state index contributed by atoms with van der Waals surface area (Å²) in [6.45, 7) is 4.19. The van der Waals surface area contributed by atoms with Gasteiger partial charge in [-0.1, -0.05) is 6.08 Å². The van der Waals surface area contributed by atoms with Gasteiger partial charge in [-0.15, -0.1) is 6.58 Å². The number of ether oxygens (including phenoxy) is 1. The van der Waals surface area contributed by atoms with E-state index in [-0.39, 0.29) is 12.0 Å². The van der Waals surface area contributed by atoms with Crippen molar-refractivity contribution >= 4 is 0 Å². The van der Waals surface area contributed by atoms with Crippen LogP contribution in [0.3, 0.4) is 0 Å². The minimum Gasteiger partial charge on any atom is -0.374 e. The smallest absolute Gasteiger partial charge is 0.374 e. The first-order valence-corrected chi connectivity index (χ1v) is 9.08. The maximum Gasteiger partial charge on any atom is 0.422 e. The lowest BCUT2D eigenvalue weighted by Gasteiger charge is -2.42. The van der Waals surface area contributed by atoms with Gasteiger partial charge in [0.15, 0.2) is 0 Å². The topological polar surface area (TPSA) is 9.23 Å². The molecular weight excluding hydrogens is 351 g/mol. The summed E-state index contributed by atoms with van der Waals surface area (Å²) in [4.78, 5) is 0. The first-order chi connectivity index (χ1) is 12.3. The van der Waals surface area contributed by atoms with Crippen molar-refractivity contribution in [1.29, 1.82) is 0 Å². The Morgan fingerprint density at radius 3 is 2.23 bits per heavy atom. The summed E-state index contributed by atoms with van der Waals surface area (Å²) >= 11 is 0. The summed E-state index contributed by atoms with van der Waals surface area (Å²) < 4.78 is 71.7. The lowest BCUT2D eigenvalue weighted by atomic mass is 9.65. The maximum atomic E-state index is 13.9. The molecule has 0 heterocycles. The van der Waals surface area contributed by atoms with Crippen LogP contribution in [0.25, 0.3) is 0 Å². The standard InChI is InChI=1S/C20H23F5O/c1-2-7-26-16-6-5-12-8-13(3-4-14(12)9-16)15-10-17(21)19(18(22)11-15)20(23,24)25/h2,10-14,16H,1,3-9H2. The lowest BCUT2D eigenvalue weighted by molar-refractivity contribution is -0.142. The molecule has 3 rings (SSSR count). The Labute approximate surface area is 150 Å². The molecule has 1 aromatic rings. The third-order valence-corrected chi connectivity index (χ3v) is 5.83. The van der Waals surface area contributed by atoms with Crippen LogP contribution in [0.2, 0.25) is 0 Å². The van der Waals surface area contributed by atoms with Gasteiger partial charge in [0.2, 0.25) is 0 Å². The van der Waals surface area contributed by atoms with E-state index in [1.807, 2.05) is 0 Å². The SMILES string of the molecule is C=CCOC1CCC2CC(c3cc(F)c(C(F)(F)F)c(F)c3)CCC2C1. The molecule has 6 heteroatoms. The van der Waals surface area contributed by atoms with E-state index in [2.05, 4.69) is 6.58 Å². The average Bonchev–Trinajstić information content (AvgIpc) is 2.57. The lowest BCUT2D eigenvalue weighted by Crippen LogP contribution is -2.33. The zero-order chi connectivity index (χ0) is 18.9. The summed E-state index contributed by atoms with van der Waals surface area (Å²) in [5.74, 6) is -2.18. The van der Waals surface area contributed by atoms with Crippen molar-refractivity contribution in [2.24, 2.45) is 11.8 Å². The molecule has 0 aromatic heterocycles. The fourth-order valence-corrected chi connectivity index (χ4v) is 4.60. The number of hydrogen-bond donors (Lipinski definition) is 0. The molecule has 2 aliphatic rings. The molecule has 26 heavy (non-hydrogen) atoms. The van der Waals surface area contributed by atoms with E-state index in [1.165, 1.54) is 0 Å². The van der Waals surface area contributed by atoms with E-state index in [1.54, 1.807) is 6.08 Å². The van der Waals surface area contributed by atoms with Gasteiger partial charge in [0.25, 0.3) is 0 Å². The van der Waals surface area contributed by atoms with Crippen molar-refractivity contribution in [3.05, 3.63) is 47.5 Å². The summed E-state index contributed by atoms with van der Waals surface area (Å²) in [6, 6.07) is 1.74. The maximum absolute atomic E-state index is 13.9. The van der Waals surface area contributed by atoms with Crippen LogP contribution in [0.1, 0.15) is 55.6 Å². The van der Waals surface area contributed by atoms with Gasteiger partial charge in [-0.25, -0.2) is 8.78 Å². The fourth-order valence-electron chi connectivity index (χ4n) is 4.60. The van der Waals surface area contributed by atoms with Gasteiger partial charge in [0.05, 0.1) is 12.7 Å². The van der Waals surface area contributed by atoms with Gasteiger partial charge < -0.3 is 4.74 Å². The summed E-state index contributed by atoms with van der Waals surface area (Å²) in [5, 5.41) is 0. The Morgan fingerprint density at radius 2 is 1.62 bits per heavy atom. The molecule has 0 bridgehead atoms. The van der Waals surface area contributed by atoms with E-state index in [4.69, 9.17) is 4.74 Å². The van der Waals surface area contributed by atoms with Crippen molar-refractivity contribution in [1.82, 2.24) is 0 Å². The first-order valence-electron chi connectivity index (χ1n) is 9.08. The van der Waals surface area contributed by atoms with E-state index < -0.39 is 23.4 Å². The van der Waals surface area contributed by atoms with Crippen molar-refractivity contribution in [3.63, 3.8) is 0 Å². The molecular formula is C20H23F5O. The number of alkyl halides is 3. The van der Waals surface area contributed by atoms with E-state index in [0.29, 0.717) is 24.0 Å². The molecule has 0 radical (unpaired) electrons. The van der Waals surface area contributed by atoms with Crippen LogP contribution in [0.5, 0.6) is 0 Å². The predicted molar refractivity (Wildman–Crippen MR) is 88.7 cm³/mol. The van der Waals surface area contributed by atoms with Crippen molar-refractivity contribution in [3.8, 4) is 0 Å². The number of benzene rings is 1. The molecule has 0 spiro atoms. The largest absolute Gasteiger partial charge is 0.422 e. The molecule has 0 N–H and O–H groups in total. The molecule has 4 unspecified atom stereocenters. The Kier molecular flexibility index (Phi) is 5.70. The van der Waals surface area contributed by atoms with Gasteiger partial charge in [-0.3, -0.25) is 0 Å². The van der Waals surface area contributed by atoms with Gasteiger partial charge >= 0.3 is 6.18 Å². The van der Waals surface area contributed by atoms with Crippen LogP contribution in [-0.2, 0) is 10.9 Å². The minimum absolute atomic E-state index is 0.0897. The van der Waals surface area contributed by atoms with E-state index in [0.717, 1.165) is 50.7 Å². The van der Waals surface area contributed by atoms with Crippen LogP contribution in [0.15, 0.2) is 24.8 Å². The second-order valence-corrected chi connectivity index (χ2v) is 7.44. The van der Waals surface area contributed by atoms with Crippen LogP contribution in [0, 0.1) is 23.5 Å². The van der Waals surface area contributed by atoms with E-state index in [9.17, 15) is 22.0 Å². The first kappa shape index (κ1) is 19.3. The zero-order valence-electron chi connectivity index (χ0n) is 14.5.